The molecule has 10 heteroatoms. The van der Waals surface area contributed by atoms with Crippen LogP contribution in [0.1, 0.15) is 44.0 Å². The Balaban J connectivity index is 1.65. The summed E-state index contributed by atoms with van der Waals surface area (Å²) < 4.78 is 10.5. The highest BCUT2D eigenvalue weighted by atomic mass is 35.5. The van der Waals surface area contributed by atoms with Crippen LogP contribution in [0.15, 0.2) is 12.1 Å². The molecule has 1 aromatic carbocycles. The molecule has 3 rings (SSSR count). The van der Waals surface area contributed by atoms with Crippen LogP contribution in [0.3, 0.4) is 0 Å². The fourth-order valence-corrected chi connectivity index (χ4v) is 4.60. The van der Waals surface area contributed by atoms with Crippen molar-refractivity contribution in [2.45, 2.75) is 45.3 Å². The Hall–Kier alpha value is -2.19. The summed E-state index contributed by atoms with van der Waals surface area (Å²) in [5.74, 6) is -0.0909. The second-order valence-electron chi connectivity index (χ2n) is 8.92. The SMILES string of the molecule is COc1c(Cl)cc(C(=O)N2CCC[C@H]2C(=O)N2CCN(C(=O)OC(C)(C)C)CC2)cc1Cl. The molecule has 1 aromatic rings. The maximum atomic E-state index is 13.2. The number of carbonyl (C=O) groups is 3. The molecular weight excluding hydrogens is 457 g/mol. The first-order valence-corrected chi connectivity index (χ1v) is 11.4. The summed E-state index contributed by atoms with van der Waals surface area (Å²) in [5, 5.41) is 0.479. The fraction of sp³-hybridized carbons (Fsp3) is 0.591. The number of halogens is 2. The number of nitrogens with zero attached hydrogens (tertiary/aromatic N) is 3. The molecule has 0 N–H and O–H groups in total. The predicted octanol–water partition coefficient (Wildman–Crippen LogP) is 3.69. The van der Waals surface area contributed by atoms with Crippen LogP contribution in [0.2, 0.25) is 10.0 Å². The van der Waals surface area contributed by atoms with Crippen molar-refractivity contribution < 1.29 is 23.9 Å². The van der Waals surface area contributed by atoms with E-state index in [1.165, 1.54) is 19.2 Å². The zero-order valence-corrected chi connectivity index (χ0v) is 20.3. The normalized spacial score (nSPS) is 19.2. The van der Waals surface area contributed by atoms with E-state index < -0.39 is 11.6 Å². The number of benzene rings is 1. The number of amides is 3. The van der Waals surface area contributed by atoms with Gasteiger partial charge in [-0.1, -0.05) is 23.2 Å². The van der Waals surface area contributed by atoms with E-state index >= 15 is 0 Å². The monoisotopic (exact) mass is 485 g/mol. The average Bonchev–Trinajstić information content (AvgIpc) is 3.21. The third-order valence-electron chi connectivity index (χ3n) is 5.49. The smallest absolute Gasteiger partial charge is 0.410 e. The second kappa shape index (κ2) is 9.75. The Morgan fingerprint density at radius 2 is 1.53 bits per heavy atom. The lowest BCUT2D eigenvalue weighted by molar-refractivity contribution is -0.137. The molecule has 2 aliphatic rings. The maximum absolute atomic E-state index is 13.2. The first-order chi connectivity index (χ1) is 15.0. The second-order valence-corrected chi connectivity index (χ2v) is 9.74. The summed E-state index contributed by atoms with van der Waals surface area (Å²) in [6, 6.07) is 2.47. The van der Waals surface area contributed by atoms with Crippen molar-refractivity contribution in [1.82, 2.24) is 14.7 Å². The van der Waals surface area contributed by atoms with E-state index in [0.717, 1.165) is 6.42 Å². The van der Waals surface area contributed by atoms with Gasteiger partial charge >= 0.3 is 6.09 Å². The van der Waals surface area contributed by atoms with E-state index in [2.05, 4.69) is 0 Å². The van der Waals surface area contributed by atoms with Crippen molar-refractivity contribution in [3.63, 3.8) is 0 Å². The van der Waals surface area contributed by atoms with Crippen molar-refractivity contribution in [2.24, 2.45) is 0 Å². The topological polar surface area (TPSA) is 79.4 Å². The minimum atomic E-state index is -0.567. The molecule has 0 aromatic heterocycles. The summed E-state index contributed by atoms with van der Waals surface area (Å²) >= 11 is 12.4. The van der Waals surface area contributed by atoms with E-state index in [1.54, 1.807) is 14.7 Å². The quantitative estimate of drug-likeness (QED) is 0.652. The molecule has 2 fully saturated rings. The van der Waals surface area contributed by atoms with Gasteiger partial charge in [0.05, 0.1) is 17.2 Å². The number of likely N-dealkylation sites (tertiary alicyclic amines) is 1. The van der Waals surface area contributed by atoms with Crippen LogP contribution < -0.4 is 4.74 Å². The highest BCUT2D eigenvalue weighted by Crippen LogP contribution is 2.35. The lowest BCUT2D eigenvalue weighted by atomic mass is 10.1. The number of ether oxygens (including phenoxy) is 2. The number of hydrogen-bond donors (Lipinski definition) is 0. The van der Waals surface area contributed by atoms with Crippen LogP contribution in [0.5, 0.6) is 5.75 Å². The molecule has 0 bridgehead atoms. The summed E-state index contributed by atoms with van der Waals surface area (Å²) in [4.78, 5) is 43.5. The minimum Gasteiger partial charge on any atom is -0.494 e. The Bertz CT molecular complexity index is 871. The highest BCUT2D eigenvalue weighted by Gasteiger charge is 2.38. The number of carbonyl (C=O) groups excluding carboxylic acids is 3. The summed E-state index contributed by atoms with van der Waals surface area (Å²) in [6.45, 7) is 7.52. The van der Waals surface area contributed by atoms with Gasteiger partial charge in [-0.05, 0) is 45.7 Å². The van der Waals surface area contributed by atoms with Gasteiger partial charge < -0.3 is 24.2 Å². The Morgan fingerprint density at radius 3 is 2.06 bits per heavy atom. The molecule has 0 aliphatic carbocycles. The van der Waals surface area contributed by atoms with Crippen molar-refractivity contribution in [2.75, 3.05) is 39.8 Å². The van der Waals surface area contributed by atoms with E-state index in [-0.39, 0.29) is 28.0 Å². The number of piperazine rings is 1. The minimum absolute atomic E-state index is 0.106. The van der Waals surface area contributed by atoms with E-state index in [0.29, 0.717) is 50.5 Å². The molecule has 32 heavy (non-hydrogen) atoms. The van der Waals surface area contributed by atoms with E-state index in [4.69, 9.17) is 32.7 Å². The predicted molar refractivity (Wildman–Crippen MR) is 121 cm³/mol. The molecule has 2 heterocycles. The van der Waals surface area contributed by atoms with Gasteiger partial charge in [-0.25, -0.2) is 4.79 Å². The lowest BCUT2D eigenvalue weighted by Crippen LogP contribution is -2.55. The van der Waals surface area contributed by atoms with Gasteiger partial charge in [0, 0.05) is 38.3 Å². The van der Waals surface area contributed by atoms with E-state index in [1.807, 2.05) is 20.8 Å². The zero-order valence-electron chi connectivity index (χ0n) is 18.8. The number of rotatable bonds is 3. The lowest BCUT2D eigenvalue weighted by Gasteiger charge is -2.37. The maximum Gasteiger partial charge on any atom is 0.410 e. The highest BCUT2D eigenvalue weighted by molar-refractivity contribution is 6.37. The molecule has 0 spiro atoms. The van der Waals surface area contributed by atoms with Gasteiger partial charge in [0.25, 0.3) is 5.91 Å². The Morgan fingerprint density at radius 1 is 0.969 bits per heavy atom. The molecule has 2 aliphatic heterocycles. The van der Waals surface area contributed by atoms with Crippen molar-refractivity contribution in [3.8, 4) is 5.75 Å². The third-order valence-corrected chi connectivity index (χ3v) is 6.05. The zero-order chi connectivity index (χ0) is 23.6. The third kappa shape index (κ3) is 5.41. The van der Waals surface area contributed by atoms with Crippen molar-refractivity contribution in [3.05, 3.63) is 27.7 Å². The van der Waals surface area contributed by atoms with Gasteiger partial charge in [-0.15, -0.1) is 0 Å². The summed E-state index contributed by atoms with van der Waals surface area (Å²) in [7, 11) is 1.45. The van der Waals surface area contributed by atoms with Crippen LogP contribution in [-0.2, 0) is 9.53 Å². The Kier molecular flexibility index (Phi) is 7.45. The van der Waals surface area contributed by atoms with E-state index in [9.17, 15) is 14.4 Å². The van der Waals surface area contributed by atoms with Crippen molar-refractivity contribution in [1.29, 1.82) is 0 Å². The summed E-state index contributed by atoms with van der Waals surface area (Å²) in [5.41, 5.74) is -0.252. The van der Waals surface area contributed by atoms with Gasteiger partial charge in [0.15, 0.2) is 5.75 Å². The van der Waals surface area contributed by atoms with Gasteiger partial charge in [0.2, 0.25) is 5.91 Å². The van der Waals surface area contributed by atoms with Gasteiger partial charge in [-0.2, -0.15) is 0 Å². The molecule has 0 radical (unpaired) electrons. The molecule has 2 saturated heterocycles. The standard InChI is InChI=1S/C22H29Cl2N3O5/c1-22(2,3)32-21(30)26-10-8-25(9-11-26)20(29)17-6-5-7-27(17)19(28)14-12-15(23)18(31-4)16(24)13-14/h12-13,17H,5-11H2,1-4H3/t17-/m0/s1. The van der Waals surface area contributed by atoms with Crippen LogP contribution in [0.4, 0.5) is 4.79 Å². The first kappa shape index (κ1) is 24.5. The molecule has 1 atom stereocenters. The fourth-order valence-electron chi connectivity index (χ4n) is 3.96. The van der Waals surface area contributed by atoms with Gasteiger partial charge in [-0.3, -0.25) is 9.59 Å². The number of hydrogen-bond acceptors (Lipinski definition) is 5. The van der Waals surface area contributed by atoms with Crippen LogP contribution >= 0.6 is 23.2 Å². The van der Waals surface area contributed by atoms with Crippen LogP contribution in [0, 0.1) is 0 Å². The Labute approximate surface area is 198 Å². The summed E-state index contributed by atoms with van der Waals surface area (Å²) in [6.07, 6.45) is 0.946. The molecule has 8 nitrogen and oxygen atoms in total. The average molecular weight is 486 g/mol. The molecule has 0 unspecified atom stereocenters. The molecule has 0 saturated carbocycles. The first-order valence-electron chi connectivity index (χ1n) is 10.6. The largest absolute Gasteiger partial charge is 0.494 e. The number of methoxy groups -OCH3 is 1. The van der Waals surface area contributed by atoms with Crippen LogP contribution in [0.25, 0.3) is 0 Å². The molecule has 176 valence electrons. The van der Waals surface area contributed by atoms with Crippen LogP contribution in [-0.4, -0.2) is 84.1 Å². The molecular formula is C22H29Cl2N3O5. The van der Waals surface area contributed by atoms with Crippen molar-refractivity contribution >= 4 is 41.1 Å². The van der Waals surface area contributed by atoms with Gasteiger partial charge in [0.1, 0.15) is 11.6 Å². The molecule has 3 amide bonds.